The Morgan fingerprint density at radius 3 is 0.763 bits per heavy atom. The Labute approximate surface area is 697 Å². The first-order chi connectivity index (χ1) is 55.8. The van der Waals surface area contributed by atoms with Gasteiger partial charge in [-0.1, -0.05) is 450 Å². The van der Waals surface area contributed by atoms with Crippen LogP contribution in [0.3, 0.4) is 0 Å². The first kappa shape index (κ1) is 107. The van der Waals surface area contributed by atoms with E-state index in [4.69, 9.17) is 28.4 Å². The van der Waals surface area contributed by atoms with E-state index in [1.807, 2.05) is 0 Å². The summed E-state index contributed by atoms with van der Waals surface area (Å²) in [6.45, 7) is 1.90. The molecule has 17 unspecified atom stereocenters. The molecule has 19 nitrogen and oxygen atoms in total. The van der Waals surface area contributed by atoms with E-state index in [0.29, 0.717) is 12.8 Å². The molecule has 0 spiro atoms. The second kappa shape index (κ2) is 75.5. The molecule has 3 aliphatic rings. The quantitative estimate of drug-likeness (QED) is 0.0252. The number of carbonyl (C=O) groups is 1. The molecule has 114 heavy (non-hydrogen) atoms. The molecule has 0 aromatic rings. The number of amides is 1. The van der Waals surface area contributed by atoms with Gasteiger partial charge in [0.2, 0.25) is 5.91 Å². The van der Waals surface area contributed by atoms with Crippen LogP contribution in [0.4, 0.5) is 0 Å². The van der Waals surface area contributed by atoms with E-state index in [1.54, 1.807) is 0 Å². The maximum atomic E-state index is 13.6. The average molecular weight is 1630 g/mol. The first-order valence-corrected chi connectivity index (χ1v) is 49.3. The minimum Gasteiger partial charge on any atom is -0.394 e. The van der Waals surface area contributed by atoms with Crippen LogP contribution in [0.2, 0.25) is 0 Å². The van der Waals surface area contributed by atoms with Crippen LogP contribution in [0.1, 0.15) is 470 Å². The average Bonchev–Trinajstić information content (AvgIpc) is 0.777. The van der Waals surface area contributed by atoms with Crippen LogP contribution in [-0.4, -0.2) is 193 Å². The lowest BCUT2D eigenvalue weighted by molar-refractivity contribution is -0.379. The van der Waals surface area contributed by atoms with Crippen LogP contribution in [0.15, 0.2) is 0 Å². The van der Waals surface area contributed by atoms with Crippen molar-refractivity contribution in [2.24, 2.45) is 0 Å². The molecule has 0 aliphatic carbocycles. The highest BCUT2D eigenvalue weighted by atomic mass is 16.8. The molecular weight excluding hydrogens is 1440 g/mol. The highest BCUT2D eigenvalue weighted by molar-refractivity contribution is 5.76. The summed E-state index contributed by atoms with van der Waals surface area (Å²) in [5.41, 5.74) is 0. The van der Waals surface area contributed by atoms with Crippen molar-refractivity contribution in [2.75, 3.05) is 26.4 Å². The highest BCUT2D eigenvalue weighted by Crippen LogP contribution is 2.34. The molecule has 3 aliphatic heterocycles. The van der Waals surface area contributed by atoms with Gasteiger partial charge in [0.15, 0.2) is 18.9 Å². The normalized spacial score (nSPS) is 24.6. The number of rotatable bonds is 83. The predicted molar refractivity (Wildman–Crippen MR) is 462 cm³/mol. The molecule has 0 saturated carbocycles. The van der Waals surface area contributed by atoms with Crippen LogP contribution in [0, 0.1) is 0 Å². The minimum absolute atomic E-state index is 0.230. The molecule has 0 bridgehead atoms. The van der Waals surface area contributed by atoms with Gasteiger partial charge in [0, 0.05) is 6.42 Å². The largest absolute Gasteiger partial charge is 0.394 e. The molecule has 17 atom stereocenters. The van der Waals surface area contributed by atoms with E-state index in [0.717, 1.165) is 44.9 Å². The Bertz CT molecular complexity index is 2050. The molecule has 3 fully saturated rings. The van der Waals surface area contributed by atoms with Gasteiger partial charge in [0.05, 0.1) is 38.6 Å². The predicted octanol–water partition coefficient (Wildman–Crippen LogP) is 20.0. The fourth-order valence-electron chi connectivity index (χ4n) is 17.4. The Kier molecular flexibility index (Phi) is 70.9. The summed E-state index contributed by atoms with van der Waals surface area (Å²) in [5.74, 6) is -0.230. The van der Waals surface area contributed by atoms with Crippen LogP contribution in [-0.2, 0) is 33.2 Å². The minimum atomic E-state index is -1.97. The summed E-state index contributed by atoms with van der Waals surface area (Å²) in [5, 5.41) is 122. The van der Waals surface area contributed by atoms with Crippen molar-refractivity contribution >= 4 is 5.91 Å². The topological polar surface area (TPSA) is 307 Å². The van der Waals surface area contributed by atoms with Crippen molar-refractivity contribution in [1.29, 1.82) is 0 Å². The van der Waals surface area contributed by atoms with Crippen LogP contribution >= 0.6 is 0 Å². The van der Waals surface area contributed by atoms with Crippen LogP contribution in [0.5, 0.6) is 0 Å². The summed E-state index contributed by atoms with van der Waals surface area (Å²) in [6, 6.07) is -0.885. The van der Waals surface area contributed by atoms with Gasteiger partial charge < -0.3 is 89.9 Å². The molecule has 1 amide bonds. The molecule has 678 valence electrons. The molecule has 3 saturated heterocycles. The summed E-state index contributed by atoms with van der Waals surface area (Å²) < 4.78 is 34.7. The molecule has 3 heterocycles. The second-order valence-corrected chi connectivity index (χ2v) is 35.6. The molecule has 3 rings (SSSR count). The van der Waals surface area contributed by atoms with E-state index in [2.05, 4.69) is 19.2 Å². The van der Waals surface area contributed by atoms with Crippen molar-refractivity contribution in [2.45, 2.75) is 574 Å². The zero-order valence-corrected chi connectivity index (χ0v) is 73.6. The third-order valence-electron chi connectivity index (χ3n) is 25.2. The Morgan fingerprint density at radius 2 is 0.500 bits per heavy atom. The van der Waals surface area contributed by atoms with Crippen LogP contribution < -0.4 is 5.32 Å². The van der Waals surface area contributed by atoms with Gasteiger partial charge in [-0.05, 0) is 12.8 Å². The molecule has 0 aromatic carbocycles. The van der Waals surface area contributed by atoms with Crippen molar-refractivity contribution in [1.82, 2.24) is 5.32 Å². The molecule has 12 N–H and O–H groups in total. The van der Waals surface area contributed by atoms with E-state index in [-0.39, 0.29) is 18.9 Å². The number of hydrogen-bond acceptors (Lipinski definition) is 18. The van der Waals surface area contributed by atoms with E-state index in [1.165, 1.54) is 392 Å². The van der Waals surface area contributed by atoms with Crippen molar-refractivity contribution in [3.05, 3.63) is 0 Å². The number of aliphatic hydroxyl groups is 11. The standard InChI is InChI=1S/C95H185NO18/c1-3-5-7-9-11-13-15-17-19-21-23-25-27-29-31-33-35-37-38-39-40-41-43-45-47-49-51-53-55-57-59-61-63-65-67-69-71-73-83(101)96-78(79(100)72-70-68-66-64-62-60-58-56-54-52-50-48-46-44-42-36-34-32-30-28-26-24-22-20-18-16-14-12-10-8-6-4-2)77-109-93-89(107)86(104)91(81(75-98)111-93)114-95-90(108)87(105)92(82(76-99)112-95)113-94-88(106)85(103)84(102)80(74-97)110-94/h78-82,84-95,97-100,102-108H,3-77H2,1-2H3,(H,96,101). The first-order valence-electron chi connectivity index (χ1n) is 49.3. The number of nitrogens with one attached hydrogen (secondary N) is 1. The summed E-state index contributed by atoms with van der Waals surface area (Å²) in [6.07, 6.45) is 66.8. The number of carbonyl (C=O) groups excluding carboxylic acids is 1. The SMILES string of the molecule is CCCCCCCCCCCCCCCCCCCCCCCCCCCCCCCCCCCCCCCC(=O)NC(COC1OC(CO)C(OC2OC(CO)C(OC3OC(CO)C(O)C(O)C3O)C(O)C2O)C(O)C1O)C(O)CCCCCCCCCCCCCCCCCCCCCCCCCCCCCCCCCC. The summed E-state index contributed by atoms with van der Waals surface area (Å²) >= 11 is 0. The van der Waals surface area contributed by atoms with E-state index in [9.17, 15) is 61.0 Å². The monoisotopic (exact) mass is 1630 g/mol. The van der Waals surface area contributed by atoms with Gasteiger partial charge in [-0.25, -0.2) is 0 Å². The van der Waals surface area contributed by atoms with Gasteiger partial charge in [-0.3, -0.25) is 4.79 Å². The Hall–Kier alpha value is -1.21. The highest BCUT2D eigenvalue weighted by Gasteiger charge is 2.54. The zero-order valence-electron chi connectivity index (χ0n) is 73.6. The molecule has 19 heteroatoms. The Balaban J connectivity index is 1.28. The van der Waals surface area contributed by atoms with Gasteiger partial charge in [-0.15, -0.1) is 0 Å². The second-order valence-electron chi connectivity index (χ2n) is 35.6. The lowest BCUT2D eigenvalue weighted by atomic mass is 9.96. The molecular formula is C95H185NO18. The van der Waals surface area contributed by atoms with Gasteiger partial charge in [0.25, 0.3) is 0 Å². The van der Waals surface area contributed by atoms with Crippen molar-refractivity contribution in [3.63, 3.8) is 0 Å². The fourth-order valence-corrected chi connectivity index (χ4v) is 17.4. The number of unbranched alkanes of at least 4 members (excludes halogenated alkanes) is 67. The molecule has 0 radical (unpaired) electrons. The van der Waals surface area contributed by atoms with Gasteiger partial charge >= 0.3 is 0 Å². The summed E-state index contributed by atoms with van der Waals surface area (Å²) in [7, 11) is 0. The fraction of sp³-hybridized carbons (Fsp3) is 0.989. The maximum Gasteiger partial charge on any atom is 0.220 e. The zero-order chi connectivity index (χ0) is 82.4. The number of aliphatic hydroxyl groups excluding tert-OH is 11. The third-order valence-corrected chi connectivity index (χ3v) is 25.2. The lowest BCUT2D eigenvalue weighted by Gasteiger charge is -2.48. The smallest absolute Gasteiger partial charge is 0.220 e. The van der Waals surface area contributed by atoms with E-state index < -0.39 is 124 Å². The third kappa shape index (κ3) is 53.0. The van der Waals surface area contributed by atoms with Crippen LogP contribution in [0.25, 0.3) is 0 Å². The van der Waals surface area contributed by atoms with Crippen molar-refractivity contribution in [3.8, 4) is 0 Å². The molecule has 0 aromatic heterocycles. The van der Waals surface area contributed by atoms with E-state index >= 15 is 0 Å². The van der Waals surface area contributed by atoms with Crippen molar-refractivity contribution < 1.29 is 89.4 Å². The lowest BCUT2D eigenvalue weighted by Crippen LogP contribution is -2.66. The Morgan fingerprint density at radius 1 is 0.281 bits per heavy atom. The maximum absolute atomic E-state index is 13.6. The summed E-state index contributed by atoms with van der Waals surface area (Å²) in [4.78, 5) is 13.6. The van der Waals surface area contributed by atoms with Gasteiger partial charge in [-0.2, -0.15) is 0 Å². The van der Waals surface area contributed by atoms with Gasteiger partial charge in [0.1, 0.15) is 73.2 Å². The number of ether oxygens (including phenoxy) is 6. The number of hydrogen-bond donors (Lipinski definition) is 12.